The predicted molar refractivity (Wildman–Crippen MR) is 74.8 cm³/mol. The first-order chi connectivity index (χ1) is 8.22. The number of aromatic nitrogens is 2. The van der Waals surface area contributed by atoms with Gasteiger partial charge in [0, 0.05) is 29.9 Å². The fourth-order valence-electron chi connectivity index (χ4n) is 1.64. The molecule has 1 heterocycles. The monoisotopic (exact) mass is 256 g/mol. The number of nitrogens with two attached hydrogens (primary N) is 1. The Morgan fingerprint density at radius 2 is 2.29 bits per heavy atom. The van der Waals surface area contributed by atoms with Crippen molar-refractivity contribution in [3.63, 3.8) is 0 Å². The normalized spacial score (nSPS) is 14.8. The first kappa shape index (κ1) is 14.5. The molecule has 0 saturated heterocycles. The maximum Gasteiger partial charge on any atom is 0.128 e. The minimum absolute atomic E-state index is 0.135. The molecule has 0 saturated carbocycles. The Morgan fingerprint density at radius 3 is 2.88 bits per heavy atom. The molecule has 0 radical (unpaired) electrons. The molecule has 0 aliphatic heterocycles. The molecule has 0 aliphatic carbocycles. The Labute approximate surface area is 108 Å². The molecule has 1 aromatic rings. The van der Waals surface area contributed by atoms with E-state index >= 15 is 0 Å². The van der Waals surface area contributed by atoms with E-state index in [9.17, 15) is 0 Å². The van der Waals surface area contributed by atoms with E-state index < -0.39 is 0 Å². The van der Waals surface area contributed by atoms with Crippen molar-refractivity contribution in [2.24, 2.45) is 5.84 Å². The van der Waals surface area contributed by atoms with Gasteiger partial charge in [-0.2, -0.15) is 11.8 Å². The van der Waals surface area contributed by atoms with Crippen LogP contribution in [0.5, 0.6) is 0 Å². The lowest BCUT2D eigenvalue weighted by atomic mass is 10.3. The van der Waals surface area contributed by atoms with Crippen LogP contribution >= 0.6 is 11.8 Å². The number of nitrogens with zero attached hydrogens (tertiary/aromatic N) is 2. The molecule has 0 fully saturated rings. The van der Waals surface area contributed by atoms with Gasteiger partial charge in [-0.1, -0.05) is 20.8 Å². The molecule has 3 N–H and O–H groups in total. The van der Waals surface area contributed by atoms with E-state index in [0.717, 1.165) is 24.5 Å². The number of aryl methyl sites for hydroxylation is 1. The quantitative estimate of drug-likeness (QED) is 0.553. The summed E-state index contributed by atoms with van der Waals surface area (Å²) in [6, 6.07) is 0.135. The second-order valence-electron chi connectivity index (χ2n) is 4.25. The molecule has 0 aromatic carbocycles. The molecule has 0 amide bonds. The second kappa shape index (κ2) is 7.74. The van der Waals surface area contributed by atoms with Crippen LogP contribution in [0.15, 0.2) is 12.4 Å². The summed E-state index contributed by atoms with van der Waals surface area (Å²) >= 11 is 1.94. The molecule has 4 nitrogen and oxygen atoms in total. The number of hydrazine groups is 1. The van der Waals surface area contributed by atoms with E-state index in [-0.39, 0.29) is 6.04 Å². The zero-order chi connectivity index (χ0) is 12.7. The van der Waals surface area contributed by atoms with Gasteiger partial charge in [-0.3, -0.25) is 5.84 Å². The molecule has 17 heavy (non-hydrogen) atoms. The summed E-state index contributed by atoms with van der Waals surface area (Å²) in [5.74, 6) is 7.65. The van der Waals surface area contributed by atoms with Crippen molar-refractivity contribution >= 4 is 11.8 Å². The average Bonchev–Trinajstić information content (AvgIpc) is 2.78. The summed E-state index contributed by atoms with van der Waals surface area (Å²) in [7, 11) is 0. The summed E-state index contributed by atoms with van der Waals surface area (Å²) in [4.78, 5) is 4.42. The van der Waals surface area contributed by atoms with E-state index in [1.54, 1.807) is 0 Å². The van der Waals surface area contributed by atoms with Gasteiger partial charge in [0.1, 0.15) is 5.82 Å². The van der Waals surface area contributed by atoms with E-state index in [1.165, 1.54) is 6.42 Å². The fraction of sp³-hybridized carbons (Fsp3) is 0.750. The maximum absolute atomic E-state index is 5.64. The van der Waals surface area contributed by atoms with Gasteiger partial charge in [0.15, 0.2) is 0 Å². The number of nitrogens with one attached hydrogen (secondary N) is 1. The molecule has 0 bridgehead atoms. The molecule has 5 heteroatoms. The molecular weight excluding hydrogens is 232 g/mol. The van der Waals surface area contributed by atoms with Crippen molar-refractivity contribution in [1.29, 1.82) is 0 Å². The smallest absolute Gasteiger partial charge is 0.128 e. The molecule has 1 rings (SSSR count). The number of hydrogen-bond acceptors (Lipinski definition) is 4. The summed E-state index contributed by atoms with van der Waals surface area (Å²) in [6.07, 6.45) is 6.17. The van der Waals surface area contributed by atoms with Crippen LogP contribution in [0.4, 0.5) is 0 Å². The van der Waals surface area contributed by atoms with E-state index in [0.29, 0.717) is 5.25 Å². The highest BCUT2D eigenvalue weighted by Gasteiger charge is 2.16. The Morgan fingerprint density at radius 1 is 1.53 bits per heavy atom. The Balaban J connectivity index is 2.62. The number of hydrogen-bond donors (Lipinski definition) is 2. The third-order valence-corrected chi connectivity index (χ3v) is 4.28. The Bertz CT molecular complexity index is 313. The fourth-order valence-corrected chi connectivity index (χ4v) is 2.64. The third-order valence-electron chi connectivity index (χ3n) is 2.85. The first-order valence-corrected chi connectivity index (χ1v) is 7.36. The van der Waals surface area contributed by atoms with E-state index in [1.807, 2.05) is 24.2 Å². The molecule has 2 atom stereocenters. The van der Waals surface area contributed by atoms with Crippen LogP contribution < -0.4 is 11.3 Å². The molecular formula is C12H24N4S. The highest BCUT2D eigenvalue weighted by atomic mass is 32.2. The molecule has 1 aromatic heterocycles. The van der Waals surface area contributed by atoms with Crippen molar-refractivity contribution < 1.29 is 0 Å². The molecule has 2 unspecified atom stereocenters. The zero-order valence-electron chi connectivity index (χ0n) is 11.0. The van der Waals surface area contributed by atoms with Gasteiger partial charge in [-0.25, -0.2) is 10.4 Å². The maximum atomic E-state index is 5.64. The Kier molecular flexibility index (Phi) is 6.62. The highest BCUT2D eigenvalue weighted by Crippen LogP contribution is 2.21. The largest absolute Gasteiger partial charge is 0.334 e. The molecule has 0 spiro atoms. The van der Waals surface area contributed by atoms with Crippen LogP contribution in [0.25, 0.3) is 0 Å². The van der Waals surface area contributed by atoms with Gasteiger partial charge in [-0.05, 0) is 12.8 Å². The van der Waals surface area contributed by atoms with Crippen LogP contribution in [0.1, 0.15) is 45.5 Å². The number of rotatable bonds is 8. The van der Waals surface area contributed by atoms with E-state index in [4.69, 9.17) is 5.84 Å². The topological polar surface area (TPSA) is 55.9 Å². The number of thioether (sulfide) groups is 1. The van der Waals surface area contributed by atoms with Crippen LogP contribution in [0, 0.1) is 0 Å². The van der Waals surface area contributed by atoms with Gasteiger partial charge in [0.05, 0.1) is 6.04 Å². The van der Waals surface area contributed by atoms with Crippen molar-refractivity contribution in [3.05, 3.63) is 18.2 Å². The van der Waals surface area contributed by atoms with E-state index in [2.05, 4.69) is 35.7 Å². The minimum Gasteiger partial charge on any atom is -0.334 e. The summed E-state index contributed by atoms with van der Waals surface area (Å²) in [5, 5.41) is 0.667. The molecule has 98 valence electrons. The first-order valence-electron chi connectivity index (χ1n) is 6.31. The standard InChI is InChI=1S/C12H24N4S/c1-4-7-16-8-6-14-12(16)11(15-13)9-17-10(3)5-2/h6,8,10-11,15H,4-5,7,9,13H2,1-3H3. The third kappa shape index (κ3) is 4.33. The number of imidazole rings is 1. The summed E-state index contributed by atoms with van der Waals surface area (Å²) in [6.45, 7) is 7.63. The molecule has 0 aliphatic rings. The van der Waals surface area contributed by atoms with Crippen LogP contribution in [0.3, 0.4) is 0 Å². The lowest BCUT2D eigenvalue weighted by molar-refractivity contribution is 0.527. The lowest BCUT2D eigenvalue weighted by Crippen LogP contribution is -2.32. The Hall–Kier alpha value is -0.520. The average molecular weight is 256 g/mol. The van der Waals surface area contributed by atoms with Crippen molar-refractivity contribution in [2.75, 3.05) is 5.75 Å². The second-order valence-corrected chi connectivity index (χ2v) is 5.72. The zero-order valence-corrected chi connectivity index (χ0v) is 11.8. The predicted octanol–water partition coefficient (Wildman–Crippen LogP) is 2.33. The van der Waals surface area contributed by atoms with Crippen molar-refractivity contribution in [1.82, 2.24) is 15.0 Å². The van der Waals surface area contributed by atoms with Gasteiger partial charge < -0.3 is 4.57 Å². The lowest BCUT2D eigenvalue weighted by Gasteiger charge is -2.18. The van der Waals surface area contributed by atoms with Crippen molar-refractivity contribution in [3.8, 4) is 0 Å². The van der Waals surface area contributed by atoms with Crippen LogP contribution in [-0.2, 0) is 6.54 Å². The van der Waals surface area contributed by atoms with Crippen LogP contribution in [-0.4, -0.2) is 20.6 Å². The van der Waals surface area contributed by atoms with Gasteiger partial charge >= 0.3 is 0 Å². The highest BCUT2D eigenvalue weighted by molar-refractivity contribution is 7.99. The minimum atomic E-state index is 0.135. The van der Waals surface area contributed by atoms with Crippen LogP contribution in [0.2, 0.25) is 0 Å². The van der Waals surface area contributed by atoms with Gasteiger partial charge in [0.25, 0.3) is 0 Å². The summed E-state index contributed by atoms with van der Waals surface area (Å²) in [5.41, 5.74) is 2.88. The van der Waals surface area contributed by atoms with Gasteiger partial charge in [-0.15, -0.1) is 0 Å². The summed E-state index contributed by atoms with van der Waals surface area (Å²) < 4.78 is 2.18. The van der Waals surface area contributed by atoms with Crippen molar-refractivity contribution in [2.45, 2.75) is 51.4 Å². The SMILES string of the molecule is CCCn1ccnc1C(CSC(C)CC)NN. The van der Waals surface area contributed by atoms with Gasteiger partial charge in [0.2, 0.25) is 0 Å².